The zero-order valence-corrected chi connectivity index (χ0v) is 15.2. The van der Waals surface area contributed by atoms with Crippen LogP contribution in [0.4, 0.5) is 5.82 Å². The summed E-state index contributed by atoms with van der Waals surface area (Å²) in [6.45, 7) is 4.00. The molecular formula is C17H29N5S. The van der Waals surface area contributed by atoms with Crippen molar-refractivity contribution in [3.63, 3.8) is 0 Å². The van der Waals surface area contributed by atoms with Crippen molar-refractivity contribution in [3.8, 4) is 0 Å². The van der Waals surface area contributed by atoms with Crippen molar-refractivity contribution in [1.82, 2.24) is 15.6 Å². The fourth-order valence-corrected chi connectivity index (χ4v) is 3.17. The van der Waals surface area contributed by atoms with Crippen LogP contribution in [0.2, 0.25) is 0 Å². The molecule has 2 rings (SSSR count). The molecule has 1 aromatic heterocycles. The predicted molar refractivity (Wildman–Crippen MR) is 102 cm³/mol. The van der Waals surface area contributed by atoms with E-state index in [0.29, 0.717) is 0 Å². The van der Waals surface area contributed by atoms with Crippen LogP contribution >= 0.6 is 11.8 Å². The molecule has 0 radical (unpaired) electrons. The van der Waals surface area contributed by atoms with Gasteiger partial charge >= 0.3 is 0 Å². The number of hydrogen-bond acceptors (Lipinski definition) is 4. The molecule has 128 valence electrons. The molecule has 0 aromatic carbocycles. The Morgan fingerprint density at radius 3 is 2.87 bits per heavy atom. The van der Waals surface area contributed by atoms with Gasteiger partial charge in [0.2, 0.25) is 0 Å². The van der Waals surface area contributed by atoms with E-state index in [4.69, 9.17) is 0 Å². The molecule has 2 N–H and O–H groups in total. The summed E-state index contributed by atoms with van der Waals surface area (Å²) in [7, 11) is 1.82. The average molecular weight is 336 g/mol. The Morgan fingerprint density at radius 1 is 1.30 bits per heavy atom. The number of unbranched alkanes of at least 4 members (excludes halogenated alkanes) is 1. The summed E-state index contributed by atoms with van der Waals surface area (Å²) in [5.41, 5.74) is 1.24. The van der Waals surface area contributed by atoms with Gasteiger partial charge in [0.25, 0.3) is 0 Å². The summed E-state index contributed by atoms with van der Waals surface area (Å²) in [6, 6.07) is 4.25. The van der Waals surface area contributed by atoms with E-state index in [9.17, 15) is 0 Å². The van der Waals surface area contributed by atoms with Crippen LogP contribution in [0.3, 0.4) is 0 Å². The Morgan fingerprint density at radius 2 is 2.13 bits per heavy atom. The van der Waals surface area contributed by atoms with Gasteiger partial charge in [0.1, 0.15) is 5.82 Å². The summed E-state index contributed by atoms with van der Waals surface area (Å²) in [4.78, 5) is 11.1. The topological polar surface area (TPSA) is 52.6 Å². The van der Waals surface area contributed by atoms with Gasteiger partial charge in [-0.3, -0.25) is 4.99 Å². The van der Waals surface area contributed by atoms with Crippen LogP contribution in [0.25, 0.3) is 0 Å². The van der Waals surface area contributed by atoms with E-state index in [1.54, 1.807) is 0 Å². The highest BCUT2D eigenvalue weighted by Crippen LogP contribution is 2.18. The van der Waals surface area contributed by atoms with Gasteiger partial charge in [0, 0.05) is 39.4 Å². The lowest BCUT2D eigenvalue weighted by Gasteiger charge is -2.17. The molecule has 1 aromatic rings. The normalized spacial score (nSPS) is 15.0. The molecule has 0 saturated carbocycles. The van der Waals surface area contributed by atoms with E-state index in [0.717, 1.165) is 38.0 Å². The SMILES string of the molecule is CN=C(NCCCCSC)NCc1ccnc(N2CCCC2)c1. The Balaban J connectivity index is 1.76. The molecule has 1 aliphatic heterocycles. The van der Waals surface area contributed by atoms with Gasteiger partial charge in [-0.2, -0.15) is 11.8 Å². The van der Waals surface area contributed by atoms with Crippen LogP contribution in [0.1, 0.15) is 31.2 Å². The third-order valence-corrected chi connectivity index (χ3v) is 4.69. The van der Waals surface area contributed by atoms with Gasteiger partial charge in [-0.25, -0.2) is 4.98 Å². The molecule has 0 aliphatic carbocycles. The molecule has 0 bridgehead atoms. The highest BCUT2D eigenvalue weighted by Gasteiger charge is 2.13. The van der Waals surface area contributed by atoms with Crippen LogP contribution in [0, 0.1) is 0 Å². The number of hydrogen-bond donors (Lipinski definition) is 2. The monoisotopic (exact) mass is 335 g/mol. The molecule has 0 amide bonds. The predicted octanol–water partition coefficient (Wildman–Crippen LogP) is 2.49. The summed E-state index contributed by atoms with van der Waals surface area (Å²) in [6.07, 6.45) is 9.03. The van der Waals surface area contributed by atoms with Crippen molar-refractivity contribution in [2.45, 2.75) is 32.2 Å². The lowest BCUT2D eigenvalue weighted by atomic mass is 10.2. The third-order valence-electron chi connectivity index (χ3n) is 3.99. The lowest BCUT2D eigenvalue weighted by molar-refractivity contribution is 0.732. The van der Waals surface area contributed by atoms with Gasteiger partial charge in [0.15, 0.2) is 5.96 Å². The van der Waals surface area contributed by atoms with E-state index in [1.165, 1.54) is 37.0 Å². The maximum absolute atomic E-state index is 4.50. The zero-order chi connectivity index (χ0) is 16.3. The minimum Gasteiger partial charge on any atom is -0.357 e. The quantitative estimate of drug-likeness (QED) is 0.434. The first-order valence-electron chi connectivity index (χ1n) is 8.47. The molecule has 2 heterocycles. The molecule has 1 fully saturated rings. The number of aliphatic imine (C=N–C) groups is 1. The standard InChI is InChI=1S/C17H29N5S/c1-18-17(20-8-3-6-12-23-2)21-14-15-7-9-19-16(13-15)22-10-4-5-11-22/h7,9,13H,3-6,8,10-12,14H2,1-2H3,(H2,18,20,21). The first kappa shape index (κ1) is 17.9. The van der Waals surface area contributed by atoms with Crippen molar-refractivity contribution in [1.29, 1.82) is 0 Å². The van der Waals surface area contributed by atoms with Crippen molar-refractivity contribution < 1.29 is 0 Å². The number of rotatable bonds is 8. The minimum atomic E-state index is 0.772. The van der Waals surface area contributed by atoms with Gasteiger partial charge in [-0.15, -0.1) is 0 Å². The molecule has 5 nitrogen and oxygen atoms in total. The number of pyridine rings is 1. The Labute approximate surface area is 144 Å². The maximum Gasteiger partial charge on any atom is 0.191 e. The summed E-state index contributed by atoms with van der Waals surface area (Å²) >= 11 is 1.90. The fourth-order valence-electron chi connectivity index (χ4n) is 2.67. The first-order chi connectivity index (χ1) is 11.3. The molecule has 0 unspecified atom stereocenters. The van der Waals surface area contributed by atoms with Crippen molar-refractivity contribution in [2.24, 2.45) is 4.99 Å². The molecule has 1 saturated heterocycles. The van der Waals surface area contributed by atoms with Gasteiger partial charge in [-0.05, 0) is 55.4 Å². The van der Waals surface area contributed by atoms with E-state index < -0.39 is 0 Å². The van der Waals surface area contributed by atoms with E-state index in [2.05, 4.69) is 43.9 Å². The molecule has 23 heavy (non-hydrogen) atoms. The Hall–Kier alpha value is -1.43. The highest BCUT2D eigenvalue weighted by atomic mass is 32.2. The lowest BCUT2D eigenvalue weighted by Crippen LogP contribution is -2.37. The molecule has 0 atom stereocenters. The van der Waals surface area contributed by atoms with Crippen molar-refractivity contribution in [2.75, 3.05) is 43.6 Å². The summed E-state index contributed by atoms with van der Waals surface area (Å²) < 4.78 is 0. The van der Waals surface area contributed by atoms with Gasteiger partial charge < -0.3 is 15.5 Å². The minimum absolute atomic E-state index is 0.772. The van der Waals surface area contributed by atoms with Crippen LogP contribution in [0.15, 0.2) is 23.3 Å². The summed E-state index contributed by atoms with van der Waals surface area (Å²) in [5, 5.41) is 6.75. The van der Waals surface area contributed by atoms with E-state index >= 15 is 0 Å². The Bertz CT molecular complexity index is 486. The molecule has 1 aliphatic rings. The van der Waals surface area contributed by atoms with E-state index in [1.807, 2.05) is 25.0 Å². The van der Waals surface area contributed by atoms with Gasteiger partial charge in [0.05, 0.1) is 0 Å². The van der Waals surface area contributed by atoms with E-state index in [-0.39, 0.29) is 0 Å². The van der Waals surface area contributed by atoms with Crippen LogP contribution in [-0.2, 0) is 6.54 Å². The number of guanidine groups is 1. The van der Waals surface area contributed by atoms with Gasteiger partial charge in [-0.1, -0.05) is 0 Å². The Kier molecular flexibility index (Phi) is 8.07. The maximum atomic E-state index is 4.50. The molecule has 0 spiro atoms. The second-order valence-electron chi connectivity index (χ2n) is 5.77. The number of aromatic nitrogens is 1. The van der Waals surface area contributed by atoms with Crippen LogP contribution in [0.5, 0.6) is 0 Å². The summed E-state index contributed by atoms with van der Waals surface area (Å²) in [5.74, 6) is 3.19. The number of nitrogens with zero attached hydrogens (tertiary/aromatic N) is 3. The largest absolute Gasteiger partial charge is 0.357 e. The van der Waals surface area contributed by atoms with Crippen LogP contribution in [-0.4, -0.2) is 49.6 Å². The third kappa shape index (κ3) is 6.29. The zero-order valence-electron chi connectivity index (χ0n) is 14.3. The number of nitrogens with one attached hydrogen (secondary N) is 2. The van der Waals surface area contributed by atoms with Crippen molar-refractivity contribution in [3.05, 3.63) is 23.9 Å². The highest BCUT2D eigenvalue weighted by molar-refractivity contribution is 7.98. The number of thioether (sulfide) groups is 1. The molecule has 6 heteroatoms. The smallest absolute Gasteiger partial charge is 0.191 e. The van der Waals surface area contributed by atoms with Crippen molar-refractivity contribution >= 4 is 23.5 Å². The second-order valence-corrected chi connectivity index (χ2v) is 6.75. The van der Waals surface area contributed by atoms with Crippen LogP contribution < -0.4 is 15.5 Å². The number of anilines is 1. The first-order valence-corrected chi connectivity index (χ1v) is 9.86. The second kappa shape index (κ2) is 10.4. The fraction of sp³-hybridized carbons (Fsp3) is 0.647. The molecular weight excluding hydrogens is 306 g/mol. The average Bonchev–Trinajstić information content (AvgIpc) is 3.12.